The number of para-hydroxylation sites is 2. The Labute approximate surface area is 205 Å². The summed E-state index contributed by atoms with van der Waals surface area (Å²) >= 11 is 0. The predicted molar refractivity (Wildman–Crippen MR) is 139 cm³/mol. The normalized spacial score (nSPS) is 12.1. The van der Waals surface area contributed by atoms with E-state index >= 15 is 0 Å². The van der Waals surface area contributed by atoms with Crippen molar-refractivity contribution in [2.24, 2.45) is 5.92 Å². The summed E-state index contributed by atoms with van der Waals surface area (Å²) in [7, 11) is 3.36. The second kappa shape index (κ2) is 11.9. The molecule has 0 spiro atoms. The van der Waals surface area contributed by atoms with Gasteiger partial charge in [-0.25, -0.2) is 0 Å². The molecule has 1 unspecified atom stereocenters. The number of aromatic nitrogens is 1. The molecule has 0 bridgehead atoms. The molecule has 1 heterocycles. The molecule has 1 atom stereocenters. The van der Waals surface area contributed by atoms with Crippen molar-refractivity contribution in [2.45, 2.75) is 12.8 Å². The molecule has 180 valence electrons. The van der Waals surface area contributed by atoms with Crippen molar-refractivity contribution in [3.8, 4) is 5.75 Å². The number of hydrogen-bond donors (Lipinski definition) is 0. The second-order valence-electron chi connectivity index (χ2n) is 8.35. The number of carbonyl (C=O) groups is 1. The van der Waals surface area contributed by atoms with Crippen LogP contribution in [0.1, 0.15) is 17.5 Å². The van der Waals surface area contributed by atoms with Gasteiger partial charge in [0.25, 0.3) is 6.01 Å². The van der Waals surface area contributed by atoms with E-state index in [2.05, 4.69) is 4.98 Å². The third kappa shape index (κ3) is 6.73. The molecule has 0 saturated carbocycles. The van der Waals surface area contributed by atoms with Crippen molar-refractivity contribution in [3.05, 3.63) is 96.1 Å². The van der Waals surface area contributed by atoms with E-state index in [-0.39, 0.29) is 11.9 Å². The average molecular weight is 471 g/mol. The predicted octanol–water partition coefficient (Wildman–Crippen LogP) is 5.78. The highest BCUT2D eigenvalue weighted by molar-refractivity contribution is 5.74. The largest absolute Gasteiger partial charge is 0.492 e. The van der Waals surface area contributed by atoms with Gasteiger partial charge in [-0.15, -0.1) is 0 Å². The molecule has 0 radical (unpaired) electrons. The van der Waals surface area contributed by atoms with E-state index in [1.54, 1.807) is 0 Å². The van der Waals surface area contributed by atoms with Crippen molar-refractivity contribution >= 4 is 29.2 Å². The highest BCUT2D eigenvalue weighted by Gasteiger charge is 2.18. The van der Waals surface area contributed by atoms with Gasteiger partial charge >= 0.3 is 5.97 Å². The number of likely N-dealkylation sites (N-methyl/N-ethyl adjacent to an activating group) is 1. The lowest BCUT2D eigenvalue weighted by atomic mass is 9.95. The maximum Gasteiger partial charge on any atom is 0.309 e. The van der Waals surface area contributed by atoms with Crippen LogP contribution in [0.4, 0.5) is 6.01 Å². The lowest BCUT2D eigenvalue weighted by Gasteiger charge is -2.15. The fraction of sp³-hybridized carbons (Fsp3) is 0.241. The summed E-state index contributed by atoms with van der Waals surface area (Å²) in [6, 6.07) is 26.2. The molecule has 4 aromatic rings. The molecule has 0 aliphatic heterocycles. The Morgan fingerprint density at radius 1 is 1.03 bits per heavy atom. The molecule has 0 N–H and O–H groups in total. The van der Waals surface area contributed by atoms with Crippen molar-refractivity contribution in [1.29, 1.82) is 0 Å². The Morgan fingerprint density at radius 3 is 2.51 bits per heavy atom. The number of rotatable bonds is 11. The van der Waals surface area contributed by atoms with Gasteiger partial charge in [-0.1, -0.05) is 66.7 Å². The Kier molecular flexibility index (Phi) is 8.17. The first kappa shape index (κ1) is 24.1. The number of benzene rings is 3. The molecule has 4 rings (SSSR count). The molecule has 3 aromatic carbocycles. The third-order valence-corrected chi connectivity index (χ3v) is 5.78. The minimum absolute atomic E-state index is 0.203. The van der Waals surface area contributed by atoms with Crippen LogP contribution in [0.5, 0.6) is 5.75 Å². The van der Waals surface area contributed by atoms with Gasteiger partial charge in [0, 0.05) is 7.05 Å². The quantitative estimate of drug-likeness (QED) is 0.259. The first-order valence-corrected chi connectivity index (χ1v) is 11.7. The van der Waals surface area contributed by atoms with E-state index < -0.39 is 0 Å². The SMILES string of the molecule is COC(=O)C(C/C=C/c1ccccc1)Cc1ccc(OCCN(C)c2nc3ccccc3o2)cc1. The van der Waals surface area contributed by atoms with E-state index in [1.165, 1.54) is 7.11 Å². The highest BCUT2D eigenvalue weighted by atomic mass is 16.5. The van der Waals surface area contributed by atoms with Crippen LogP contribution in [0.2, 0.25) is 0 Å². The van der Waals surface area contributed by atoms with Gasteiger partial charge in [0.15, 0.2) is 5.58 Å². The summed E-state index contributed by atoms with van der Waals surface area (Å²) in [5.41, 5.74) is 3.78. The second-order valence-corrected chi connectivity index (χ2v) is 8.35. The average Bonchev–Trinajstić information content (AvgIpc) is 3.34. The zero-order valence-corrected chi connectivity index (χ0v) is 20.1. The Morgan fingerprint density at radius 2 is 1.77 bits per heavy atom. The number of carbonyl (C=O) groups excluding carboxylic acids is 1. The summed E-state index contributed by atoms with van der Waals surface area (Å²) in [6.07, 6.45) is 5.28. The van der Waals surface area contributed by atoms with E-state index in [0.29, 0.717) is 32.0 Å². The Hall–Kier alpha value is -4.06. The molecule has 0 amide bonds. The van der Waals surface area contributed by atoms with Crippen LogP contribution in [0, 0.1) is 5.92 Å². The van der Waals surface area contributed by atoms with Crippen LogP contribution < -0.4 is 9.64 Å². The van der Waals surface area contributed by atoms with Crippen molar-refractivity contribution in [3.63, 3.8) is 0 Å². The Bertz CT molecular complexity index is 1220. The Balaban J connectivity index is 1.28. The number of esters is 1. The van der Waals surface area contributed by atoms with E-state index in [9.17, 15) is 4.79 Å². The fourth-order valence-electron chi connectivity index (χ4n) is 3.79. The van der Waals surface area contributed by atoms with E-state index in [4.69, 9.17) is 13.9 Å². The van der Waals surface area contributed by atoms with Crippen LogP contribution in [0.3, 0.4) is 0 Å². The lowest BCUT2D eigenvalue weighted by molar-refractivity contribution is -0.145. The van der Waals surface area contributed by atoms with Crippen LogP contribution in [0.15, 0.2) is 89.4 Å². The maximum atomic E-state index is 12.3. The van der Waals surface area contributed by atoms with Gasteiger partial charge in [0.2, 0.25) is 0 Å². The monoisotopic (exact) mass is 470 g/mol. The van der Waals surface area contributed by atoms with Crippen LogP contribution >= 0.6 is 0 Å². The summed E-state index contributed by atoms with van der Waals surface area (Å²) < 4.78 is 16.7. The van der Waals surface area contributed by atoms with Crippen LogP contribution in [-0.4, -0.2) is 38.3 Å². The highest BCUT2D eigenvalue weighted by Crippen LogP contribution is 2.21. The van der Waals surface area contributed by atoms with E-state index in [1.807, 2.05) is 103 Å². The van der Waals surface area contributed by atoms with Gasteiger partial charge in [-0.05, 0) is 48.2 Å². The van der Waals surface area contributed by atoms with Gasteiger partial charge in [-0.3, -0.25) is 4.79 Å². The third-order valence-electron chi connectivity index (χ3n) is 5.78. The number of fused-ring (bicyclic) bond motifs is 1. The van der Waals surface area contributed by atoms with Crippen LogP contribution in [-0.2, 0) is 16.0 Å². The van der Waals surface area contributed by atoms with Crippen molar-refractivity contribution in [2.75, 3.05) is 32.2 Å². The minimum Gasteiger partial charge on any atom is -0.492 e. The number of nitrogens with zero attached hydrogens (tertiary/aromatic N) is 2. The molecule has 6 nitrogen and oxygen atoms in total. The zero-order valence-electron chi connectivity index (χ0n) is 20.1. The van der Waals surface area contributed by atoms with Gasteiger partial charge < -0.3 is 18.8 Å². The molecule has 0 aliphatic carbocycles. The van der Waals surface area contributed by atoms with Crippen LogP contribution in [0.25, 0.3) is 17.2 Å². The molecule has 0 aliphatic rings. The summed E-state index contributed by atoms with van der Waals surface area (Å²) in [5.74, 6) is 0.334. The van der Waals surface area contributed by atoms with Gasteiger partial charge in [-0.2, -0.15) is 4.98 Å². The number of ether oxygens (including phenoxy) is 2. The molecule has 0 fully saturated rings. The summed E-state index contributed by atoms with van der Waals surface area (Å²) in [5, 5.41) is 0. The van der Waals surface area contributed by atoms with E-state index in [0.717, 1.165) is 28.0 Å². The van der Waals surface area contributed by atoms with Gasteiger partial charge in [0.05, 0.1) is 19.6 Å². The molecule has 6 heteroatoms. The van der Waals surface area contributed by atoms with Crippen molar-refractivity contribution < 1.29 is 18.7 Å². The molecular formula is C29H30N2O4. The number of oxazole rings is 1. The molecule has 0 saturated heterocycles. The molecule has 1 aromatic heterocycles. The van der Waals surface area contributed by atoms with Crippen molar-refractivity contribution in [1.82, 2.24) is 4.98 Å². The minimum atomic E-state index is -0.239. The number of methoxy groups -OCH3 is 1. The standard InChI is InChI=1S/C29H30N2O4/c1-31(29-30-26-13-6-7-14-27(26)35-29)19-20-34-25-17-15-23(16-18-25)21-24(28(32)33-2)12-8-11-22-9-4-3-5-10-22/h3-11,13-18,24H,12,19-21H2,1-2H3/b11-8+. The van der Waals surface area contributed by atoms with Gasteiger partial charge in [0.1, 0.15) is 17.9 Å². The number of anilines is 1. The zero-order chi connectivity index (χ0) is 24.5. The fourth-order valence-corrected chi connectivity index (χ4v) is 3.79. The summed E-state index contributed by atoms with van der Waals surface area (Å²) in [4.78, 5) is 18.7. The molecular weight excluding hydrogens is 440 g/mol. The lowest BCUT2D eigenvalue weighted by Crippen LogP contribution is -2.24. The summed E-state index contributed by atoms with van der Waals surface area (Å²) in [6.45, 7) is 1.12. The number of allylic oxidation sites excluding steroid dienone is 1. The smallest absolute Gasteiger partial charge is 0.309 e. The first-order valence-electron chi connectivity index (χ1n) is 11.7. The molecule has 35 heavy (non-hydrogen) atoms. The number of hydrogen-bond acceptors (Lipinski definition) is 6. The topological polar surface area (TPSA) is 64.8 Å². The first-order chi connectivity index (χ1) is 17.1. The maximum absolute atomic E-state index is 12.3.